The van der Waals surface area contributed by atoms with Crippen molar-refractivity contribution in [1.29, 1.82) is 0 Å². The Hall–Kier alpha value is -1.20. The second-order valence-corrected chi connectivity index (χ2v) is 4.46. The highest BCUT2D eigenvalue weighted by Crippen LogP contribution is 2.20. The van der Waals surface area contributed by atoms with Crippen LogP contribution < -0.4 is 16.8 Å². The van der Waals surface area contributed by atoms with E-state index in [1.807, 2.05) is 0 Å². The van der Waals surface area contributed by atoms with Crippen LogP contribution >= 0.6 is 11.9 Å². The monoisotopic (exact) mass is 252 g/mol. The quantitative estimate of drug-likeness (QED) is 0.412. The zero-order chi connectivity index (χ0) is 12.7. The van der Waals surface area contributed by atoms with Crippen LogP contribution in [0.2, 0.25) is 0 Å². The lowest BCUT2D eigenvalue weighted by molar-refractivity contribution is 1.05. The molecule has 4 nitrogen and oxygen atoms in total. The summed E-state index contributed by atoms with van der Waals surface area (Å²) in [5, 5.41) is 3.29. The van der Waals surface area contributed by atoms with E-state index in [2.05, 4.69) is 34.8 Å². The van der Waals surface area contributed by atoms with E-state index in [9.17, 15) is 0 Å². The van der Waals surface area contributed by atoms with Gasteiger partial charge in [0.2, 0.25) is 0 Å². The highest BCUT2D eigenvalue weighted by molar-refractivity contribution is 7.97. The van der Waals surface area contributed by atoms with Gasteiger partial charge in [-0.25, -0.2) is 4.40 Å². The van der Waals surface area contributed by atoms with Crippen molar-refractivity contribution in [2.45, 2.75) is 26.1 Å². The summed E-state index contributed by atoms with van der Waals surface area (Å²) in [6.07, 6.45) is 0. The number of benzene rings is 1. The topological polar surface area (TPSA) is 76.4 Å². The molecule has 5 heteroatoms. The molecule has 0 aliphatic rings. The first-order chi connectivity index (χ1) is 8.17. The first kappa shape index (κ1) is 13.9. The van der Waals surface area contributed by atoms with Crippen molar-refractivity contribution in [3.63, 3.8) is 0 Å². The average Bonchev–Trinajstić information content (AvgIpc) is 2.30. The van der Waals surface area contributed by atoms with Crippen molar-refractivity contribution in [1.82, 2.24) is 0 Å². The fraction of sp³-hybridized carbons (Fsp3) is 0.417. The van der Waals surface area contributed by atoms with E-state index in [4.69, 9.17) is 11.5 Å². The Balaban J connectivity index is 2.72. The van der Waals surface area contributed by atoms with Crippen LogP contribution in [-0.4, -0.2) is 12.4 Å². The van der Waals surface area contributed by atoms with Crippen LogP contribution in [0.25, 0.3) is 0 Å². The summed E-state index contributed by atoms with van der Waals surface area (Å²) in [6, 6.07) is 6.28. The van der Waals surface area contributed by atoms with Crippen LogP contribution in [0.15, 0.2) is 22.6 Å². The number of nitrogens with zero attached hydrogens (tertiary/aromatic N) is 1. The Morgan fingerprint density at radius 3 is 2.82 bits per heavy atom. The molecule has 0 fully saturated rings. The molecule has 0 saturated heterocycles. The SMILES string of the molecule is CCNc1ccc(CS/N=C(/C)N)cc1CN. The normalized spacial score (nSPS) is 11.6. The van der Waals surface area contributed by atoms with Gasteiger partial charge in [-0.15, -0.1) is 0 Å². The van der Waals surface area contributed by atoms with Crippen molar-refractivity contribution in [3.8, 4) is 0 Å². The van der Waals surface area contributed by atoms with E-state index < -0.39 is 0 Å². The van der Waals surface area contributed by atoms with Crippen molar-refractivity contribution in [3.05, 3.63) is 29.3 Å². The van der Waals surface area contributed by atoms with Gasteiger partial charge in [0.15, 0.2) is 0 Å². The second kappa shape index (κ2) is 7.19. The van der Waals surface area contributed by atoms with Gasteiger partial charge in [0, 0.05) is 24.5 Å². The molecule has 0 heterocycles. The van der Waals surface area contributed by atoms with Gasteiger partial charge in [-0.3, -0.25) is 0 Å². The summed E-state index contributed by atoms with van der Waals surface area (Å²) in [7, 11) is 0. The maximum absolute atomic E-state index is 5.73. The number of nitrogens with two attached hydrogens (primary N) is 2. The number of hydrogen-bond acceptors (Lipinski definition) is 4. The van der Waals surface area contributed by atoms with Crippen LogP contribution in [0.3, 0.4) is 0 Å². The number of nitrogens with one attached hydrogen (secondary N) is 1. The van der Waals surface area contributed by atoms with Crippen molar-refractivity contribution >= 4 is 23.5 Å². The minimum atomic E-state index is 0.542. The van der Waals surface area contributed by atoms with E-state index in [1.165, 1.54) is 17.5 Å². The Morgan fingerprint density at radius 1 is 1.47 bits per heavy atom. The van der Waals surface area contributed by atoms with Gasteiger partial charge in [0.1, 0.15) is 5.84 Å². The molecular formula is C12H20N4S. The molecule has 5 N–H and O–H groups in total. The van der Waals surface area contributed by atoms with Gasteiger partial charge >= 0.3 is 0 Å². The fourth-order valence-corrected chi connectivity index (χ4v) is 2.07. The van der Waals surface area contributed by atoms with Gasteiger partial charge in [-0.05, 0) is 43.0 Å². The lowest BCUT2D eigenvalue weighted by Gasteiger charge is -2.10. The Bertz CT molecular complexity index is 386. The highest BCUT2D eigenvalue weighted by atomic mass is 32.2. The standard InChI is InChI=1S/C12H20N4S/c1-3-15-12-5-4-10(6-11(12)7-13)8-17-16-9(2)14/h4-6,15H,3,7-8,13H2,1-2H3,(H2,14,16). The highest BCUT2D eigenvalue weighted by Gasteiger charge is 2.02. The van der Waals surface area contributed by atoms with Crippen LogP contribution in [0.1, 0.15) is 25.0 Å². The largest absolute Gasteiger partial charge is 0.387 e. The first-order valence-corrected chi connectivity index (χ1v) is 6.59. The molecule has 0 saturated carbocycles. The molecule has 0 atom stereocenters. The molecule has 94 valence electrons. The van der Waals surface area contributed by atoms with Crippen molar-refractivity contribution in [2.75, 3.05) is 11.9 Å². The third kappa shape index (κ3) is 4.66. The second-order valence-electron chi connectivity index (χ2n) is 3.73. The van der Waals surface area contributed by atoms with Crippen LogP contribution in [0, 0.1) is 0 Å². The van der Waals surface area contributed by atoms with E-state index >= 15 is 0 Å². The molecule has 0 aromatic heterocycles. The van der Waals surface area contributed by atoms with E-state index in [0.717, 1.165) is 23.5 Å². The number of rotatable bonds is 6. The molecule has 0 aliphatic heterocycles. The van der Waals surface area contributed by atoms with Gasteiger partial charge in [-0.2, -0.15) is 0 Å². The maximum atomic E-state index is 5.73. The smallest absolute Gasteiger partial charge is 0.104 e. The Kier molecular flexibility index (Phi) is 5.86. The summed E-state index contributed by atoms with van der Waals surface area (Å²) in [5.41, 5.74) is 14.7. The predicted octanol–water partition coefficient (Wildman–Crippen LogP) is 2.10. The van der Waals surface area contributed by atoms with Gasteiger partial charge in [-0.1, -0.05) is 12.1 Å². The van der Waals surface area contributed by atoms with E-state index in [1.54, 1.807) is 6.92 Å². The minimum Gasteiger partial charge on any atom is -0.387 e. The van der Waals surface area contributed by atoms with Crippen LogP contribution in [0.5, 0.6) is 0 Å². The number of amidine groups is 1. The van der Waals surface area contributed by atoms with Crippen LogP contribution in [-0.2, 0) is 12.3 Å². The summed E-state index contributed by atoms with van der Waals surface area (Å²) in [4.78, 5) is 0. The average molecular weight is 252 g/mol. The van der Waals surface area contributed by atoms with Crippen molar-refractivity contribution < 1.29 is 0 Å². The maximum Gasteiger partial charge on any atom is 0.104 e. The third-order valence-corrected chi connectivity index (χ3v) is 3.08. The lowest BCUT2D eigenvalue weighted by Crippen LogP contribution is -2.05. The summed E-state index contributed by atoms with van der Waals surface area (Å²) >= 11 is 1.45. The summed E-state index contributed by atoms with van der Waals surface area (Å²) in [5.74, 6) is 1.41. The Morgan fingerprint density at radius 2 is 2.24 bits per heavy atom. The molecule has 0 bridgehead atoms. The molecular weight excluding hydrogens is 232 g/mol. The van der Waals surface area contributed by atoms with Gasteiger partial charge < -0.3 is 16.8 Å². The van der Waals surface area contributed by atoms with Gasteiger partial charge in [0.25, 0.3) is 0 Å². The molecule has 17 heavy (non-hydrogen) atoms. The molecule has 1 aromatic carbocycles. The fourth-order valence-electron chi connectivity index (χ4n) is 1.48. The minimum absolute atomic E-state index is 0.542. The molecule has 0 radical (unpaired) electrons. The van der Waals surface area contributed by atoms with E-state index in [0.29, 0.717) is 12.4 Å². The summed E-state index contributed by atoms with van der Waals surface area (Å²) < 4.78 is 4.10. The number of anilines is 1. The van der Waals surface area contributed by atoms with Gasteiger partial charge in [0.05, 0.1) is 0 Å². The molecule has 0 aliphatic carbocycles. The lowest BCUT2D eigenvalue weighted by atomic mass is 10.1. The Labute approximate surface area is 107 Å². The third-order valence-electron chi connectivity index (χ3n) is 2.20. The molecule has 0 amide bonds. The molecule has 1 rings (SSSR count). The first-order valence-electron chi connectivity index (χ1n) is 5.65. The van der Waals surface area contributed by atoms with Crippen molar-refractivity contribution in [2.24, 2.45) is 15.9 Å². The molecule has 1 aromatic rings. The molecule has 0 unspecified atom stereocenters. The zero-order valence-electron chi connectivity index (χ0n) is 10.4. The zero-order valence-corrected chi connectivity index (χ0v) is 11.2. The summed E-state index contributed by atoms with van der Waals surface area (Å²) in [6.45, 7) is 5.30. The molecule has 0 spiro atoms. The number of hydrogen-bond donors (Lipinski definition) is 3. The predicted molar refractivity (Wildman–Crippen MR) is 77.1 cm³/mol. The van der Waals surface area contributed by atoms with Crippen LogP contribution in [0.4, 0.5) is 5.69 Å². The van der Waals surface area contributed by atoms with E-state index in [-0.39, 0.29) is 0 Å².